The van der Waals surface area contributed by atoms with Gasteiger partial charge in [0.1, 0.15) is 0 Å². The van der Waals surface area contributed by atoms with Gasteiger partial charge in [-0.3, -0.25) is 0 Å². The highest BCUT2D eigenvalue weighted by Gasteiger charge is 2.21. The molecule has 6 aromatic rings. The fraction of sp³-hybridized carbons (Fsp3) is 0.250. The van der Waals surface area contributed by atoms with E-state index in [1.54, 1.807) is 0 Å². The smallest absolute Gasteiger partial charge is 0.00113 e. The molecule has 0 fully saturated rings. The lowest BCUT2D eigenvalue weighted by molar-refractivity contribution is 0.796. The minimum Gasteiger partial charge on any atom is -0.0795 e. The van der Waals surface area contributed by atoms with Crippen LogP contribution in [-0.2, 0) is 19.3 Å². The molecule has 7 rings (SSSR count). The lowest BCUT2D eigenvalue weighted by Gasteiger charge is -2.23. The molecule has 0 heteroatoms. The lowest BCUT2D eigenvalue weighted by Crippen LogP contribution is -1.99. The van der Waals surface area contributed by atoms with Gasteiger partial charge in [0, 0.05) is 0 Å². The molecule has 6 aromatic carbocycles. The van der Waals surface area contributed by atoms with Gasteiger partial charge in [-0.2, -0.15) is 0 Å². The van der Waals surface area contributed by atoms with E-state index in [1.165, 1.54) is 102 Å². The van der Waals surface area contributed by atoms with Gasteiger partial charge < -0.3 is 0 Å². The molecular formula is C32H28. The van der Waals surface area contributed by atoms with Gasteiger partial charge in [-0.25, -0.2) is 0 Å². The van der Waals surface area contributed by atoms with Crippen LogP contribution >= 0.6 is 0 Å². The van der Waals surface area contributed by atoms with Crippen molar-refractivity contribution >= 4 is 59.9 Å². The van der Waals surface area contributed by atoms with Crippen molar-refractivity contribution < 1.29 is 0 Å². The fourth-order valence-corrected chi connectivity index (χ4v) is 6.42. The van der Waals surface area contributed by atoms with Gasteiger partial charge in [-0.05, 0) is 114 Å². The quantitative estimate of drug-likeness (QED) is 0.195. The number of aryl methyl sites for hydroxylation is 2. The van der Waals surface area contributed by atoms with Crippen molar-refractivity contribution in [3.63, 3.8) is 0 Å². The van der Waals surface area contributed by atoms with Crippen molar-refractivity contribution in [1.82, 2.24) is 0 Å². The molecule has 156 valence electrons. The van der Waals surface area contributed by atoms with Crippen LogP contribution < -0.4 is 0 Å². The van der Waals surface area contributed by atoms with Crippen LogP contribution in [-0.4, -0.2) is 0 Å². The molecule has 1 aliphatic rings. The normalized spacial score (nSPS) is 13.7. The molecule has 1 aliphatic carbocycles. The molecule has 0 saturated heterocycles. The third-order valence-electron chi connectivity index (χ3n) is 7.75. The molecule has 0 heterocycles. The van der Waals surface area contributed by atoms with Crippen LogP contribution in [0.3, 0.4) is 0 Å². The first-order chi connectivity index (χ1) is 15.8. The maximum atomic E-state index is 2.50. The minimum atomic E-state index is 1.04. The third kappa shape index (κ3) is 2.39. The summed E-state index contributed by atoms with van der Waals surface area (Å²) < 4.78 is 0. The Balaban J connectivity index is 1.73. The number of hydrogen-bond donors (Lipinski definition) is 0. The van der Waals surface area contributed by atoms with E-state index in [9.17, 15) is 0 Å². The fourth-order valence-electron chi connectivity index (χ4n) is 6.42. The molecular weight excluding hydrogens is 384 g/mol. The van der Waals surface area contributed by atoms with Gasteiger partial charge in [-0.1, -0.05) is 75.2 Å². The average molecular weight is 413 g/mol. The minimum absolute atomic E-state index is 1.04. The first kappa shape index (κ1) is 18.5. The highest BCUT2D eigenvalue weighted by molar-refractivity contribution is 6.37. The summed E-state index contributed by atoms with van der Waals surface area (Å²) in [6.45, 7) is 4.59. The Labute approximate surface area is 189 Å². The number of allylic oxidation sites excluding steroid dienone is 1. The summed E-state index contributed by atoms with van der Waals surface area (Å²) in [5.74, 6) is 0. The summed E-state index contributed by atoms with van der Waals surface area (Å²) in [6.07, 6.45) is 11.7. The van der Waals surface area contributed by atoms with Crippen molar-refractivity contribution in [1.29, 1.82) is 0 Å². The van der Waals surface area contributed by atoms with Gasteiger partial charge >= 0.3 is 0 Å². The summed E-state index contributed by atoms with van der Waals surface area (Å²) in [6, 6.07) is 19.6. The van der Waals surface area contributed by atoms with Crippen molar-refractivity contribution in [2.24, 2.45) is 0 Å². The van der Waals surface area contributed by atoms with Gasteiger partial charge in [0.25, 0.3) is 0 Å². The molecule has 0 aliphatic heterocycles. The zero-order valence-electron chi connectivity index (χ0n) is 19.0. The molecule has 0 saturated carbocycles. The standard InChI is InChI=1S/C32H28/c1-3-5-8-19-13-24-15-21(7-4-2)27-18-23-12-11-20-9-6-10-22-16-26-17-25(14-19)29(24)32(27)31(26)30(23)28(20)22/h6,9,11-18H,3-5,7-8,10H2,1-2H3. The molecule has 0 bridgehead atoms. The zero-order chi connectivity index (χ0) is 21.4. The van der Waals surface area contributed by atoms with Crippen molar-refractivity contribution in [2.45, 2.75) is 52.4 Å². The molecule has 0 radical (unpaired) electrons. The molecule has 0 nitrogen and oxygen atoms in total. The van der Waals surface area contributed by atoms with Gasteiger partial charge in [-0.15, -0.1) is 0 Å². The van der Waals surface area contributed by atoms with E-state index in [-0.39, 0.29) is 0 Å². The van der Waals surface area contributed by atoms with Crippen molar-refractivity contribution in [2.75, 3.05) is 0 Å². The van der Waals surface area contributed by atoms with E-state index in [0.29, 0.717) is 0 Å². The first-order valence-electron chi connectivity index (χ1n) is 12.4. The van der Waals surface area contributed by atoms with Crippen LogP contribution in [0.1, 0.15) is 55.4 Å². The van der Waals surface area contributed by atoms with E-state index in [2.05, 4.69) is 74.5 Å². The molecule has 0 N–H and O–H groups in total. The highest BCUT2D eigenvalue weighted by Crippen LogP contribution is 2.47. The maximum Gasteiger partial charge on any atom is -0.00113 e. The molecule has 0 amide bonds. The van der Waals surface area contributed by atoms with Crippen molar-refractivity contribution in [3.05, 3.63) is 76.9 Å². The second-order valence-corrected chi connectivity index (χ2v) is 9.85. The third-order valence-corrected chi connectivity index (χ3v) is 7.75. The summed E-state index contributed by atoms with van der Waals surface area (Å²) in [7, 11) is 0. The average Bonchev–Trinajstić information content (AvgIpc) is 2.81. The van der Waals surface area contributed by atoms with Crippen LogP contribution in [0.5, 0.6) is 0 Å². The molecule has 0 spiro atoms. The predicted octanol–water partition coefficient (Wildman–Crippen LogP) is 9.19. The number of benzene rings is 6. The van der Waals surface area contributed by atoms with E-state index < -0.39 is 0 Å². The Morgan fingerprint density at radius 1 is 0.656 bits per heavy atom. The summed E-state index contributed by atoms with van der Waals surface area (Å²) >= 11 is 0. The summed E-state index contributed by atoms with van der Waals surface area (Å²) in [5, 5.41) is 14.6. The Hall–Kier alpha value is -3.12. The van der Waals surface area contributed by atoms with Crippen LogP contribution in [0, 0.1) is 0 Å². The van der Waals surface area contributed by atoms with Crippen LogP contribution in [0.25, 0.3) is 59.9 Å². The Bertz CT molecular complexity index is 1680. The van der Waals surface area contributed by atoms with Gasteiger partial charge in [0.15, 0.2) is 0 Å². The molecule has 0 aromatic heterocycles. The summed E-state index contributed by atoms with van der Waals surface area (Å²) in [5.41, 5.74) is 5.87. The van der Waals surface area contributed by atoms with E-state index in [0.717, 1.165) is 12.8 Å². The Morgan fingerprint density at radius 3 is 2.31 bits per heavy atom. The Kier molecular flexibility index (Phi) is 3.86. The molecule has 0 unspecified atom stereocenters. The monoisotopic (exact) mass is 412 g/mol. The second kappa shape index (κ2) is 6.69. The maximum absolute atomic E-state index is 2.50. The van der Waals surface area contributed by atoms with Crippen LogP contribution in [0.4, 0.5) is 0 Å². The summed E-state index contributed by atoms with van der Waals surface area (Å²) in [4.78, 5) is 0. The number of hydrogen-bond acceptors (Lipinski definition) is 0. The molecule has 0 atom stereocenters. The highest BCUT2D eigenvalue weighted by atomic mass is 14.2. The zero-order valence-corrected chi connectivity index (χ0v) is 19.0. The van der Waals surface area contributed by atoms with E-state index in [1.807, 2.05) is 0 Å². The van der Waals surface area contributed by atoms with Crippen LogP contribution in [0.15, 0.2) is 54.6 Å². The molecule has 32 heavy (non-hydrogen) atoms. The van der Waals surface area contributed by atoms with Gasteiger partial charge in [0.05, 0.1) is 0 Å². The lowest BCUT2D eigenvalue weighted by atomic mass is 9.80. The predicted molar refractivity (Wildman–Crippen MR) is 142 cm³/mol. The second-order valence-electron chi connectivity index (χ2n) is 9.85. The number of rotatable bonds is 5. The van der Waals surface area contributed by atoms with E-state index >= 15 is 0 Å². The van der Waals surface area contributed by atoms with Crippen molar-refractivity contribution in [3.8, 4) is 0 Å². The topological polar surface area (TPSA) is 0 Å². The first-order valence-corrected chi connectivity index (χ1v) is 12.4. The Morgan fingerprint density at radius 2 is 1.47 bits per heavy atom. The van der Waals surface area contributed by atoms with Crippen LogP contribution in [0.2, 0.25) is 0 Å². The van der Waals surface area contributed by atoms with E-state index in [4.69, 9.17) is 0 Å². The van der Waals surface area contributed by atoms with Gasteiger partial charge in [0.2, 0.25) is 0 Å². The number of unbranched alkanes of at least 4 members (excludes halogenated alkanes) is 1. The SMILES string of the molecule is CCCCc1cc2cc(CCC)c3cc4ccc5c6c(cc7cc(c1)c2c3c7c46)CC=C5. The largest absolute Gasteiger partial charge is 0.0795 e.